The molecule has 0 saturated heterocycles. The second-order valence-corrected chi connectivity index (χ2v) is 5.95. The van der Waals surface area contributed by atoms with Gasteiger partial charge in [0, 0.05) is 6.42 Å². The van der Waals surface area contributed by atoms with Crippen LogP contribution in [0.2, 0.25) is 0 Å². The van der Waals surface area contributed by atoms with Crippen molar-refractivity contribution in [3.63, 3.8) is 0 Å². The Morgan fingerprint density at radius 1 is 0.840 bits per heavy atom. The quantitative estimate of drug-likeness (QED) is 0.284. The van der Waals surface area contributed by atoms with Crippen LogP contribution in [0.15, 0.2) is 48.6 Å². The number of carboxylic acid groups (broad SMARTS) is 1. The normalized spacial score (nSPS) is 16.3. The number of carboxylic acids is 1. The molecule has 5 heteroatoms. The highest BCUT2D eigenvalue weighted by Gasteiger charge is 2.11. The molecule has 0 amide bonds. The Morgan fingerprint density at radius 2 is 1.44 bits per heavy atom. The SMILES string of the molecule is CCCCCC(O)C(O)/C=C/C=C\C=C\C=C\C(O)CCCC(=O)O. The molecule has 0 rings (SSSR count). The van der Waals surface area contributed by atoms with Crippen LogP contribution in [0.3, 0.4) is 0 Å². The molecule has 25 heavy (non-hydrogen) atoms. The minimum Gasteiger partial charge on any atom is -0.481 e. The molecule has 142 valence electrons. The molecule has 0 aliphatic heterocycles. The van der Waals surface area contributed by atoms with Gasteiger partial charge in [0.2, 0.25) is 0 Å². The molecule has 0 aromatic heterocycles. The van der Waals surface area contributed by atoms with Crippen molar-refractivity contribution >= 4 is 5.97 Å². The predicted molar refractivity (Wildman–Crippen MR) is 100 cm³/mol. The fourth-order valence-electron chi connectivity index (χ4n) is 2.09. The van der Waals surface area contributed by atoms with Gasteiger partial charge in [-0.2, -0.15) is 0 Å². The number of carbonyl (C=O) groups is 1. The minimum absolute atomic E-state index is 0.0644. The Hall–Kier alpha value is -1.69. The number of aliphatic carboxylic acids is 1. The highest BCUT2D eigenvalue weighted by atomic mass is 16.4. The lowest BCUT2D eigenvalue weighted by Gasteiger charge is -2.13. The molecule has 4 N–H and O–H groups in total. The number of rotatable bonds is 14. The van der Waals surface area contributed by atoms with Crippen LogP contribution in [-0.4, -0.2) is 44.7 Å². The molecule has 0 heterocycles. The van der Waals surface area contributed by atoms with E-state index in [0.29, 0.717) is 19.3 Å². The predicted octanol–water partition coefficient (Wildman–Crippen LogP) is 3.13. The Morgan fingerprint density at radius 3 is 2.04 bits per heavy atom. The van der Waals surface area contributed by atoms with Crippen molar-refractivity contribution in [1.29, 1.82) is 0 Å². The third-order valence-electron chi connectivity index (χ3n) is 3.59. The van der Waals surface area contributed by atoms with E-state index in [1.807, 2.05) is 0 Å². The van der Waals surface area contributed by atoms with E-state index >= 15 is 0 Å². The van der Waals surface area contributed by atoms with Crippen molar-refractivity contribution in [3.05, 3.63) is 48.6 Å². The molecule has 0 saturated carbocycles. The molecule has 0 aliphatic rings. The van der Waals surface area contributed by atoms with E-state index in [-0.39, 0.29) is 6.42 Å². The summed E-state index contributed by atoms with van der Waals surface area (Å²) in [6.07, 6.45) is 16.0. The Bertz CT molecular complexity index is 451. The molecule has 3 unspecified atom stereocenters. The third kappa shape index (κ3) is 15.6. The smallest absolute Gasteiger partial charge is 0.303 e. The van der Waals surface area contributed by atoms with Gasteiger partial charge in [0.05, 0.1) is 18.3 Å². The van der Waals surface area contributed by atoms with E-state index in [0.717, 1.165) is 19.3 Å². The highest BCUT2D eigenvalue weighted by molar-refractivity contribution is 5.66. The zero-order valence-corrected chi connectivity index (χ0v) is 15.0. The van der Waals surface area contributed by atoms with Gasteiger partial charge in [0.1, 0.15) is 0 Å². The maximum atomic E-state index is 10.4. The van der Waals surface area contributed by atoms with Gasteiger partial charge in [-0.15, -0.1) is 0 Å². The largest absolute Gasteiger partial charge is 0.481 e. The zero-order valence-electron chi connectivity index (χ0n) is 15.0. The van der Waals surface area contributed by atoms with Crippen molar-refractivity contribution in [3.8, 4) is 0 Å². The van der Waals surface area contributed by atoms with E-state index in [1.54, 1.807) is 48.6 Å². The maximum absolute atomic E-state index is 10.4. The molecule has 3 atom stereocenters. The maximum Gasteiger partial charge on any atom is 0.303 e. The molecule has 0 spiro atoms. The monoisotopic (exact) mass is 352 g/mol. The summed E-state index contributed by atoms with van der Waals surface area (Å²) in [6, 6.07) is 0. The first kappa shape index (κ1) is 23.3. The molecular weight excluding hydrogens is 320 g/mol. The molecule has 0 fully saturated rings. The van der Waals surface area contributed by atoms with E-state index < -0.39 is 24.3 Å². The molecular formula is C20H32O5. The van der Waals surface area contributed by atoms with E-state index in [1.165, 1.54) is 0 Å². The van der Waals surface area contributed by atoms with Crippen molar-refractivity contribution < 1.29 is 25.2 Å². The second kappa shape index (κ2) is 15.8. The Balaban J connectivity index is 3.96. The summed E-state index contributed by atoms with van der Waals surface area (Å²) in [6.45, 7) is 2.09. The first-order chi connectivity index (χ1) is 12.0. The summed E-state index contributed by atoms with van der Waals surface area (Å²) < 4.78 is 0. The molecule has 5 nitrogen and oxygen atoms in total. The number of unbranched alkanes of at least 4 members (excludes halogenated alkanes) is 2. The van der Waals surface area contributed by atoms with Crippen LogP contribution in [0, 0.1) is 0 Å². The number of hydrogen-bond donors (Lipinski definition) is 4. The highest BCUT2D eigenvalue weighted by Crippen LogP contribution is 2.07. The standard InChI is InChI=1S/C20H32O5/c1-2-3-8-14-18(22)19(23)15-10-7-5-4-6-9-12-17(21)13-11-16-20(24)25/h4-7,9-10,12,15,17-19,21-23H,2-3,8,11,13-14,16H2,1H3,(H,24,25)/b6-4+,7-5-,12-9+,15-10+. The summed E-state index contributed by atoms with van der Waals surface area (Å²) in [7, 11) is 0. The number of aliphatic hydroxyl groups excluding tert-OH is 3. The fraction of sp³-hybridized carbons (Fsp3) is 0.550. The summed E-state index contributed by atoms with van der Waals surface area (Å²) in [5.74, 6) is -0.854. The lowest BCUT2D eigenvalue weighted by molar-refractivity contribution is -0.137. The lowest BCUT2D eigenvalue weighted by atomic mass is 10.1. The molecule has 0 radical (unpaired) electrons. The van der Waals surface area contributed by atoms with Gasteiger partial charge in [-0.05, 0) is 19.3 Å². The summed E-state index contributed by atoms with van der Waals surface area (Å²) in [4.78, 5) is 10.4. The summed E-state index contributed by atoms with van der Waals surface area (Å²) in [5.41, 5.74) is 0. The summed E-state index contributed by atoms with van der Waals surface area (Å²) >= 11 is 0. The molecule has 0 aromatic carbocycles. The van der Waals surface area contributed by atoms with Crippen molar-refractivity contribution in [2.24, 2.45) is 0 Å². The van der Waals surface area contributed by atoms with Crippen LogP contribution in [0.1, 0.15) is 51.9 Å². The van der Waals surface area contributed by atoms with Gasteiger partial charge in [0.15, 0.2) is 0 Å². The Labute approximate surface area is 150 Å². The number of hydrogen-bond acceptors (Lipinski definition) is 4. The van der Waals surface area contributed by atoms with E-state index in [9.17, 15) is 20.1 Å². The van der Waals surface area contributed by atoms with E-state index in [4.69, 9.17) is 5.11 Å². The van der Waals surface area contributed by atoms with Crippen LogP contribution in [0.5, 0.6) is 0 Å². The number of aliphatic hydroxyl groups is 3. The van der Waals surface area contributed by atoms with Crippen LogP contribution in [0.25, 0.3) is 0 Å². The van der Waals surface area contributed by atoms with Gasteiger partial charge in [0.25, 0.3) is 0 Å². The van der Waals surface area contributed by atoms with Crippen LogP contribution in [-0.2, 0) is 4.79 Å². The lowest BCUT2D eigenvalue weighted by Crippen LogP contribution is -2.23. The van der Waals surface area contributed by atoms with Crippen LogP contribution in [0.4, 0.5) is 0 Å². The Kier molecular flexibility index (Phi) is 14.7. The van der Waals surface area contributed by atoms with Crippen molar-refractivity contribution in [2.45, 2.75) is 70.2 Å². The topological polar surface area (TPSA) is 98.0 Å². The third-order valence-corrected chi connectivity index (χ3v) is 3.59. The molecule has 0 aliphatic carbocycles. The van der Waals surface area contributed by atoms with Gasteiger partial charge in [-0.3, -0.25) is 4.79 Å². The first-order valence-corrected chi connectivity index (χ1v) is 8.91. The average molecular weight is 352 g/mol. The second-order valence-electron chi connectivity index (χ2n) is 5.95. The summed E-state index contributed by atoms with van der Waals surface area (Å²) in [5, 5.41) is 37.6. The van der Waals surface area contributed by atoms with Crippen molar-refractivity contribution in [1.82, 2.24) is 0 Å². The van der Waals surface area contributed by atoms with Gasteiger partial charge >= 0.3 is 5.97 Å². The van der Waals surface area contributed by atoms with Crippen LogP contribution >= 0.6 is 0 Å². The zero-order chi connectivity index (χ0) is 18.9. The van der Waals surface area contributed by atoms with Gasteiger partial charge in [-0.25, -0.2) is 0 Å². The first-order valence-electron chi connectivity index (χ1n) is 8.91. The van der Waals surface area contributed by atoms with Crippen molar-refractivity contribution in [2.75, 3.05) is 0 Å². The molecule has 0 aromatic rings. The van der Waals surface area contributed by atoms with Crippen LogP contribution < -0.4 is 0 Å². The molecule has 0 bridgehead atoms. The van der Waals surface area contributed by atoms with Gasteiger partial charge < -0.3 is 20.4 Å². The fourth-order valence-corrected chi connectivity index (χ4v) is 2.09. The minimum atomic E-state index is -0.855. The van der Waals surface area contributed by atoms with E-state index in [2.05, 4.69) is 6.92 Å². The van der Waals surface area contributed by atoms with Gasteiger partial charge in [-0.1, -0.05) is 74.8 Å². The number of allylic oxidation sites excluding steroid dienone is 6. The average Bonchev–Trinajstić information content (AvgIpc) is 2.56.